The Bertz CT molecular complexity index is 577. The van der Waals surface area contributed by atoms with Gasteiger partial charge in [0.15, 0.2) is 0 Å². The highest BCUT2D eigenvalue weighted by molar-refractivity contribution is 5.97. The lowest BCUT2D eigenvalue weighted by Crippen LogP contribution is -2.39. The zero-order chi connectivity index (χ0) is 16.9. The predicted molar refractivity (Wildman–Crippen MR) is 95.2 cm³/mol. The molecule has 2 amide bonds. The van der Waals surface area contributed by atoms with Crippen LogP contribution in [0.2, 0.25) is 0 Å². The molecular formula is C19H27N3O2. The van der Waals surface area contributed by atoms with Crippen LogP contribution in [0, 0.1) is 5.92 Å². The molecule has 5 nitrogen and oxygen atoms in total. The molecule has 2 fully saturated rings. The van der Waals surface area contributed by atoms with Gasteiger partial charge in [0, 0.05) is 37.3 Å². The molecule has 0 saturated carbocycles. The smallest absolute Gasteiger partial charge is 0.253 e. The summed E-state index contributed by atoms with van der Waals surface area (Å²) in [5, 5.41) is 3.20. The van der Waals surface area contributed by atoms with E-state index in [0.29, 0.717) is 6.42 Å². The lowest BCUT2D eigenvalue weighted by atomic mass is 9.93. The molecular weight excluding hydrogens is 302 g/mol. The van der Waals surface area contributed by atoms with Crippen LogP contribution in [0.15, 0.2) is 24.3 Å². The SMILES string of the molecule is CNCCC1CCN(C(=O)c2ccc(N3CCCC3=O)cc2)CC1. The summed E-state index contributed by atoms with van der Waals surface area (Å²) in [4.78, 5) is 28.2. The minimum atomic E-state index is 0.112. The first kappa shape index (κ1) is 17.0. The molecule has 2 aliphatic rings. The number of benzene rings is 1. The Morgan fingerprint density at radius 2 is 1.88 bits per heavy atom. The van der Waals surface area contributed by atoms with Crippen molar-refractivity contribution in [3.05, 3.63) is 29.8 Å². The Balaban J connectivity index is 1.57. The summed E-state index contributed by atoms with van der Waals surface area (Å²) in [6, 6.07) is 7.51. The zero-order valence-electron chi connectivity index (χ0n) is 14.5. The highest BCUT2D eigenvalue weighted by atomic mass is 16.2. The van der Waals surface area contributed by atoms with Crippen LogP contribution in [0.25, 0.3) is 0 Å². The number of amides is 2. The molecule has 0 aliphatic carbocycles. The minimum Gasteiger partial charge on any atom is -0.339 e. The van der Waals surface area contributed by atoms with Crippen LogP contribution < -0.4 is 10.2 Å². The number of carbonyl (C=O) groups is 2. The summed E-state index contributed by atoms with van der Waals surface area (Å²) in [7, 11) is 1.98. The molecule has 0 spiro atoms. The Labute approximate surface area is 144 Å². The van der Waals surface area contributed by atoms with Crippen LogP contribution in [-0.4, -0.2) is 49.9 Å². The molecule has 2 heterocycles. The van der Waals surface area contributed by atoms with Crippen molar-refractivity contribution in [1.82, 2.24) is 10.2 Å². The second-order valence-corrected chi connectivity index (χ2v) is 6.82. The topological polar surface area (TPSA) is 52.7 Å². The number of carbonyl (C=O) groups excluding carboxylic acids is 2. The Morgan fingerprint density at radius 3 is 2.46 bits per heavy atom. The summed E-state index contributed by atoms with van der Waals surface area (Å²) in [5.41, 5.74) is 1.62. The number of rotatable bonds is 5. The predicted octanol–water partition coefficient (Wildman–Crippen LogP) is 2.28. The van der Waals surface area contributed by atoms with E-state index >= 15 is 0 Å². The minimum absolute atomic E-state index is 0.112. The summed E-state index contributed by atoms with van der Waals surface area (Å²) in [6.45, 7) is 3.53. The highest BCUT2D eigenvalue weighted by Gasteiger charge is 2.24. The maximum Gasteiger partial charge on any atom is 0.253 e. The van der Waals surface area contributed by atoms with Crippen LogP contribution in [0.3, 0.4) is 0 Å². The molecule has 2 aliphatic heterocycles. The van der Waals surface area contributed by atoms with Gasteiger partial charge >= 0.3 is 0 Å². The Morgan fingerprint density at radius 1 is 1.17 bits per heavy atom. The number of piperidine rings is 1. The number of hydrogen-bond acceptors (Lipinski definition) is 3. The van der Waals surface area contributed by atoms with Gasteiger partial charge in [-0.2, -0.15) is 0 Å². The first-order chi connectivity index (χ1) is 11.7. The average molecular weight is 329 g/mol. The lowest BCUT2D eigenvalue weighted by Gasteiger charge is -2.32. The number of nitrogens with zero attached hydrogens (tertiary/aromatic N) is 2. The van der Waals surface area contributed by atoms with Crippen LogP contribution in [0.5, 0.6) is 0 Å². The van der Waals surface area contributed by atoms with E-state index in [2.05, 4.69) is 5.32 Å². The maximum atomic E-state index is 12.7. The molecule has 1 aromatic carbocycles. The van der Waals surface area contributed by atoms with E-state index in [1.165, 1.54) is 6.42 Å². The molecule has 1 aromatic rings. The van der Waals surface area contributed by atoms with Crippen LogP contribution in [0.4, 0.5) is 5.69 Å². The van der Waals surface area contributed by atoms with Crippen molar-refractivity contribution in [3.63, 3.8) is 0 Å². The molecule has 0 bridgehead atoms. The van der Waals surface area contributed by atoms with Gasteiger partial charge in [-0.15, -0.1) is 0 Å². The lowest BCUT2D eigenvalue weighted by molar-refractivity contribution is -0.117. The number of nitrogens with one attached hydrogen (secondary N) is 1. The van der Waals surface area contributed by atoms with E-state index in [-0.39, 0.29) is 11.8 Å². The van der Waals surface area contributed by atoms with Crippen LogP contribution >= 0.6 is 0 Å². The van der Waals surface area contributed by atoms with Gasteiger partial charge in [0.05, 0.1) is 0 Å². The number of hydrogen-bond donors (Lipinski definition) is 1. The van der Waals surface area contributed by atoms with Gasteiger partial charge in [-0.3, -0.25) is 9.59 Å². The van der Waals surface area contributed by atoms with Crippen LogP contribution in [-0.2, 0) is 4.79 Å². The summed E-state index contributed by atoms with van der Waals surface area (Å²) < 4.78 is 0. The molecule has 0 radical (unpaired) electrons. The third kappa shape index (κ3) is 3.78. The second-order valence-electron chi connectivity index (χ2n) is 6.82. The third-order valence-corrected chi connectivity index (χ3v) is 5.20. The number of anilines is 1. The first-order valence-corrected chi connectivity index (χ1v) is 9.03. The zero-order valence-corrected chi connectivity index (χ0v) is 14.5. The van der Waals surface area contributed by atoms with Gasteiger partial charge in [0.1, 0.15) is 0 Å². The van der Waals surface area contributed by atoms with Crippen LogP contribution in [0.1, 0.15) is 42.5 Å². The van der Waals surface area contributed by atoms with E-state index in [0.717, 1.165) is 62.6 Å². The molecule has 2 saturated heterocycles. The molecule has 1 N–H and O–H groups in total. The second kappa shape index (κ2) is 7.79. The fourth-order valence-corrected chi connectivity index (χ4v) is 3.66. The highest BCUT2D eigenvalue weighted by Crippen LogP contribution is 2.24. The average Bonchev–Trinajstić information content (AvgIpc) is 3.06. The van der Waals surface area contributed by atoms with Crippen molar-refractivity contribution < 1.29 is 9.59 Å². The van der Waals surface area contributed by atoms with Gasteiger partial charge in [0.25, 0.3) is 5.91 Å². The molecule has 3 rings (SSSR count). The van der Waals surface area contributed by atoms with Gasteiger partial charge in [0.2, 0.25) is 5.91 Å². The van der Waals surface area contributed by atoms with E-state index in [1.54, 1.807) is 0 Å². The van der Waals surface area contributed by atoms with E-state index in [1.807, 2.05) is 41.1 Å². The fourth-order valence-electron chi connectivity index (χ4n) is 3.66. The van der Waals surface area contributed by atoms with Gasteiger partial charge in [-0.1, -0.05) is 0 Å². The molecule has 130 valence electrons. The normalized spacial score (nSPS) is 19.1. The van der Waals surface area contributed by atoms with Crippen molar-refractivity contribution >= 4 is 17.5 Å². The summed E-state index contributed by atoms with van der Waals surface area (Å²) in [6.07, 6.45) is 4.92. The maximum absolute atomic E-state index is 12.7. The van der Waals surface area contributed by atoms with Gasteiger partial charge < -0.3 is 15.1 Å². The summed E-state index contributed by atoms with van der Waals surface area (Å²) in [5.74, 6) is 1.02. The summed E-state index contributed by atoms with van der Waals surface area (Å²) >= 11 is 0. The van der Waals surface area contributed by atoms with Crippen molar-refractivity contribution in [3.8, 4) is 0 Å². The van der Waals surface area contributed by atoms with Crippen molar-refractivity contribution in [2.24, 2.45) is 5.92 Å². The molecule has 0 unspecified atom stereocenters. The van der Waals surface area contributed by atoms with E-state index in [4.69, 9.17) is 0 Å². The molecule has 24 heavy (non-hydrogen) atoms. The molecule has 0 atom stereocenters. The molecule has 5 heteroatoms. The standard InChI is InChI=1S/C19H27N3O2/c1-20-11-8-15-9-13-21(14-10-15)19(24)16-4-6-17(7-5-16)22-12-2-3-18(22)23/h4-7,15,20H,2-3,8-14H2,1H3. The first-order valence-electron chi connectivity index (χ1n) is 9.03. The van der Waals surface area contributed by atoms with Crippen molar-refractivity contribution in [2.75, 3.05) is 38.1 Å². The van der Waals surface area contributed by atoms with E-state index < -0.39 is 0 Å². The molecule has 0 aromatic heterocycles. The third-order valence-electron chi connectivity index (χ3n) is 5.20. The van der Waals surface area contributed by atoms with Gasteiger partial charge in [-0.05, 0) is 69.5 Å². The van der Waals surface area contributed by atoms with Crippen molar-refractivity contribution in [2.45, 2.75) is 32.1 Å². The Kier molecular flexibility index (Phi) is 5.51. The number of likely N-dealkylation sites (tertiary alicyclic amines) is 1. The van der Waals surface area contributed by atoms with E-state index in [9.17, 15) is 9.59 Å². The fraction of sp³-hybridized carbons (Fsp3) is 0.579. The quantitative estimate of drug-likeness (QED) is 0.902. The Hall–Kier alpha value is -1.88. The van der Waals surface area contributed by atoms with Crippen molar-refractivity contribution in [1.29, 1.82) is 0 Å². The van der Waals surface area contributed by atoms with Gasteiger partial charge in [-0.25, -0.2) is 0 Å². The monoisotopic (exact) mass is 329 g/mol. The largest absolute Gasteiger partial charge is 0.339 e.